The molecule has 0 aliphatic heterocycles. The number of hydrogen-bond acceptors (Lipinski definition) is 5. The predicted octanol–water partition coefficient (Wildman–Crippen LogP) is 9.96. The van der Waals surface area contributed by atoms with Gasteiger partial charge in [-0.15, -0.1) is 20.4 Å². The van der Waals surface area contributed by atoms with Crippen LogP contribution in [-0.4, -0.2) is 30.0 Å². The maximum atomic E-state index is 4.69. The van der Waals surface area contributed by atoms with Crippen LogP contribution < -0.4 is 4.90 Å². The van der Waals surface area contributed by atoms with E-state index in [-0.39, 0.29) is 0 Å². The van der Waals surface area contributed by atoms with Crippen molar-refractivity contribution >= 4 is 39.1 Å². The molecule has 0 N–H and O–H groups in total. The van der Waals surface area contributed by atoms with E-state index in [1.54, 1.807) is 9.59 Å². The van der Waals surface area contributed by atoms with Gasteiger partial charge in [0, 0.05) is 17.1 Å². The van der Waals surface area contributed by atoms with E-state index in [0.717, 1.165) is 61.6 Å². The molecule has 0 amide bonds. The number of benzene rings is 7. The predicted molar refractivity (Wildman–Crippen MR) is 197 cm³/mol. The average Bonchev–Trinajstić information content (AvgIpc) is 3.81. The van der Waals surface area contributed by atoms with E-state index in [2.05, 4.69) is 153 Å². The van der Waals surface area contributed by atoms with Crippen LogP contribution in [0.2, 0.25) is 0 Å². The second kappa shape index (κ2) is 12.1. The highest BCUT2D eigenvalue weighted by atomic mass is 15.5. The Balaban J connectivity index is 1.16. The lowest BCUT2D eigenvalue weighted by atomic mass is 9.93. The Labute approximate surface area is 282 Å². The fourth-order valence-electron chi connectivity index (χ4n) is 6.27. The van der Waals surface area contributed by atoms with Crippen LogP contribution in [0.3, 0.4) is 0 Å². The second-order valence-electron chi connectivity index (χ2n) is 11.8. The van der Waals surface area contributed by atoms with Gasteiger partial charge in [0.25, 0.3) is 0 Å². The van der Waals surface area contributed by atoms with Gasteiger partial charge in [0.15, 0.2) is 0 Å². The van der Waals surface area contributed by atoms with Crippen molar-refractivity contribution in [3.05, 3.63) is 176 Å². The van der Waals surface area contributed by atoms with Gasteiger partial charge in [-0.25, -0.2) is 0 Å². The molecule has 0 aliphatic rings. The fraction of sp³-hybridized carbons (Fsp3) is 0. The van der Waals surface area contributed by atoms with Crippen LogP contribution in [0.5, 0.6) is 0 Å². The van der Waals surface area contributed by atoms with Gasteiger partial charge in [-0.05, 0) is 107 Å². The zero-order valence-electron chi connectivity index (χ0n) is 26.4. The molecule has 0 atom stereocenters. The lowest BCUT2D eigenvalue weighted by Gasteiger charge is -2.27. The topological polar surface area (TPSA) is 64.7 Å². The number of hydrogen-bond donors (Lipinski definition) is 0. The summed E-state index contributed by atoms with van der Waals surface area (Å²) in [6.45, 7) is 0. The molecule has 0 bridgehead atoms. The van der Waals surface area contributed by atoms with E-state index in [1.807, 2.05) is 48.5 Å². The Morgan fingerprint density at radius 2 is 0.694 bits per heavy atom. The molecule has 7 aromatic carbocycles. The summed E-state index contributed by atoms with van der Waals surface area (Å²) in [5, 5.41) is 18.8. The molecule has 0 spiro atoms. The molecule has 0 saturated carbocycles. The standard InChI is InChI=1S/C42H29N7/c1-3-11-30(12-4-1)37-28-27-36(29-38(37)31-13-5-2-6-14-31)47(32-19-23-34(24-20-32)48-43-39-15-7-8-16-40(39)44-48)33-21-25-35(26-22-33)49-45-41-17-9-10-18-42(41)46-49/h1-29H. The van der Waals surface area contributed by atoms with Crippen molar-refractivity contribution in [3.8, 4) is 33.6 Å². The molecule has 2 aromatic heterocycles. The second-order valence-corrected chi connectivity index (χ2v) is 11.8. The average molecular weight is 632 g/mol. The highest BCUT2D eigenvalue weighted by Gasteiger charge is 2.17. The summed E-state index contributed by atoms with van der Waals surface area (Å²) in [6, 6.07) is 60.3. The number of fused-ring (bicyclic) bond motifs is 2. The molecule has 9 aromatic rings. The van der Waals surface area contributed by atoms with Gasteiger partial charge < -0.3 is 4.90 Å². The molecule has 0 unspecified atom stereocenters. The Morgan fingerprint density at radius 3 is 1.12 bits per heavy atom. The summed E-state index contributed by atoms with van der Waals surface area (Å²) < 4.78 is 0. The third kappa shape index (κ3) is 5.39. The first-order chi connectivity index (χ1) is 24.3. The molecular formula is C42H29N7. The molecule has 0 aliphatic carbocycles. The van der Waals surface area contributed by atoms with E-state index in [1.165, 1.54) is 11.1 Å². The van der Waals surface area contributed by atoms with E-state index in [0.29, 0.717) is 0 Å². The molecule has 7 heteroatoms. The van der Waals surface area contributed by atoms with Gasteiger partial charge in [-0.3, -0.25) is 0 Å². The summed E-state index contributed by atoms with van der Waals surface area (Å²) in [4.78, 5) is 5.66. The van der Waals surface area contributed by atoms with Crippen molar-refractivity contribution < 1.29 is 0 Å². The quantitative estimate of drug-likeness (QED) is 0.175. The maximum absolute atomic E-state index is 4.69. The van der Waals surface area contributed by atoms with Crippen LogP contribution >= 0.6 is 0 Å². The number of anilines is 3. The minimum atomic E-state index is 0.861. The zero-order chi connectivity index (χ0) is 32.6. The fourth-order valence-corrected chi connectivity index (χ4v) is 6.27. The summed E-state index contributed by atoms with van der Waals surface area (Å²) in [5.74, 6) is 0. The molecule has 232 valence electrons. The van der Waals surface area contributed by atoms with Gasteiger partial charge in [0.05, 0.1) is 11.4 Å². The lowest BCUT2D eigenvalue weighted by Crippen LogP contribution is -2.11. The van der Waals surface area contributed by atoms with Crippen LogP contribution in [0.4, 0.5) is 17.1 Å². The zero-order valence-corrected chi connectivity index (χ0v) is 26.4. The molecule has 2 heterocycles. The van der Waals surface area contributed by atoms with Crippen molar-refractivity contribution in [3.63, 3.8) is 0 Å². The Kier molecular flexibility index (Phi) is 6.98. The third-order valence-electron chi connectivity index (χ3n) is 8.68. The van der Waals surface area contributed by atoms with Crippen molar-refractivity contribution in [1.82, 2.24) is 30.0 Å². The summed E-state index contributed by atoms with van der Waals surface area (Å²) in [7, 11) is 0. The summed E-state index contributed by atoms with van der Waals surface area (Å²) >= 11 is 0. The van der Waals surface area contributed by atoms with Crippen LogP contribution in [0.25, 0.3) is 55.7 Å². The number of rotatable bonds is 7. The molecule has 0 fully saturated rings. The van der Waals surface area contributed by atoms with Crippen molar-refractivity contribution in [1.29, 1.82) is 0 Å². The van der Waals surface area contributed by atoms with Crippen molar-refractivity contribution in [2.75, 3.05) is 4.90 Å². The van der Waals surface area contributed by atoms with Gasteiger partial charge in [0.1, 0.15) is 22.1 Å². The van der Waals surface area contributed by atoms with Crippen LogP contribution in [0, 0.1) is 0 Å². The van der Waals surface area contributed by atoms with Gasteiger partial charge >= 0.3 is 0 Å². The molecule has 7 nitrogen and oxygen atoms in total. The summed E-state index contributed by atoms with van der Waals surface area (Å²) in [6.07, 6.45) is 0. The largest absolute Gasteiger partial charge is 0.310 e. The van der Waals surface area contributed by atoms with E-state index in [4.69, 9.17) is 0 Å². The van der Waals surface area contributed by atoms with Crippen molar-refractivity contribution in [2.45, 2.75) is 0 Å². The molecule has 0 saturated heterocycles. The smallest absolute Gasteiger partial charge is 0.113 e. The molecular weight excluding hydrogens is 603 g/mol. The van der Waals surface area contributed by atoms with Gasteiger partial charge in [-0.2, -0.15) is 9.59 Å². The lowest BCUT2D eigenvalue weighted by molar-refractivity contribution is 0.765. The molecule has 49 heavy (non-hydrogen) atoms. The Hall–Kier alpha value is -6.86. The van der Waals surface area contributed by atoms with E-state index >= 15 is 0 Å². The van der Waals surface area contributed by atoms with E-state index in [9.17, 15) is 0 Å². The summed E-state index contributed by atoms with van der Waals surface area (Å²) in [5.41, 5.74) is 12.9. The maximum Gasteiger partial charge on any atom is 0.113 e. The van der Waals surface area contributed by atoms with Gasteiger partial charge in [-0.1, -0.05) is 91.0 Å². The first-order valence-corrected chi connectivity index (χ1v) is 16.2. The van der Waals surface area contributed by atoms with E-state index < -0.39 is 0 Å². The minimum Gasteiger partial charge on any atom is -0.310 e. The number of nitrogens with zero attached hydrogens (tertiary/aromatic N) is 7. The normalized spacial score (nSPS) is 11.3. The number of aromatic nitrogens is 6. The molecule has 9 rings (SSSR count). The highest BCUT2D eigenvalue weighted by molar-refractivity contribution is 5.89. The Morgan fingerprint density at radius 1 is 0.327 bits per heavy atom. The Bertz CT molecular complexity index is 2350. The highest BCUT2D eigenvalue weighted by Crippen LogP contribution is 2.41. The van der Waals surface area contributed by atoms with Gasteiger partial charge in [0.2, 0.25) is 0 Å². The third-order valence-corrected chi connectivity index (χ3v) is 8.68. The monoisotopic (exact) mass is 631 g/mol. The first kappa shape index (κ1) is 28.4. The van der Waals surface area contributed by atoms with Crippen molar-refractivity contribution in [2.24, 2.45) is 0 Å². The van der Waals surface area contributed by atoms with Crippen LogP contribution in [-0.2, 0) is 0 Å². The SMILES string of the molecule is c1ccc(-c2ccc(N(c3ccc(-n4nc5ccccc5n4)cc3)c3ccc(-n4nc5ccccc5n4)cc3)cc2-c2ccccc2)cc1. The minimum absolute atomic E-state index is 0.861. The van der Waals surface area contributed by atoms with Crippen LogP contribution in [0.1, 0.15) is 0 Å². The molecule has 0 radical (unpaired) electrons. The van der Waals surface area contributed by atoms with Crippen LogP contribution in [0.15, 0.2) is 176 Å². The first-order valence-electron chi connectivity index (χ1n) is 16.2.